The lowest BCUT2D eigenvalue weighted by Gasteiger charge is -2.24. The molecule has 4 N–H and O–H groups in total. The summed E-state index contributed by atoms with van der Waals surface area (Å²) in [7, 11) is 0. The highest BCUT2D eigenvalue weighted by atomic mass is 16.6. The summed E-state index contributed by atoms with van der Waals surface area (Å²) in [4.78, 5) is 21.6. The zero-order valence-corrected chi connectivity index (χ0v) is 10.1. The van der Waals surface area contributed by atoms with Crippen LogP contribution in [-0.2, 0) is 9.53 Å². The first-order valence-corrected chi connectivity index (χ1v) is 5.19. The van der Waals surface area contributed by atoms with Crippen LogP contribution in [0.15, 0.2) is 0 Å². The zero-order valence-electron chi connectivity index (χ0n) is 10.1. The van der Waals surface area contributed by atoms with Gasteiger partial charge in [-0.15, -0.1) is 0 Å². The molecule has 0 saturated heterocycles. The predicted molar refractivity (Wildman–Crippen MR) is 58.3 cm³/mol. The summed E-state index contributed by atoms with van der Waals surface area (Å²) in [5.74, 6) is -1.08. The molecule has 0 aromatic carbocycles. The number of ether oxygens (including phenoxy) is 1. The van der Waals surface area contributed by atoms with Crippen LogP contribution in [0.25, 0.3) is 0 Å². The van der Waals surface area contributed by atoms with Gasteiger partial charge >= 0.3 is 12.1 Å². The molecule has 7 heteroatoms. The van der Waals surface area contributed by atoms with E-state index in [9.17, 15) is 9.59 Å². The smallest absolute Gasteiger partial charge is 0.408 e. The van der Waals surface area contributed by atoms with E-state index in [1.165, 1.54) is 0 Å². The molecule has 1 amide bonds. The lowest BCUT2D eigenvalue weighted by Crippen LogP contribution is -2.45. The number of aliphatic hydroxyl groups is 2. The van der Waals surface area contributed by atoms with Gasteiger partial charge in [0.15, 0.2) is 6.29 Å². The zero-order chi connectivity index (χ0) is 13.6. The highest BCUT2D eigenvalue weighted by molar-refractivity contribution is 5.69. The Morgan fingerprint density at radius 2 is 1.82 bits per heavy atom. The van der Waals surface area contributed by atoms with Crippen molar-refractivity contribution < 1.29 is 29.6 Å². The summed E-state index contributed by atoms with van der Waals surface area (Å²) < 4.78 is 4.91. The molecule has 100 valence electrons. The number of amides is 1. The molecule has 0 aromatic heterocycles. The Morgan fingerprint density at radius 3 is 2.18 bits per heavy atom. The minimum atomic E-state index is -1.83. The van der Waals surface area contributed by atoms with E-state index in [1.807, 2.05) is 0 Å². The van der Waals surface area contributed by atoms with Gasteiger partial charge in [0, 0.05) is 6.42 Å². The molecular weight excluding hydrogens is 230 g/mol. The second kappa shape index (κ2) is 6.41. The highest BCUT2D eigenvalue weighted by Crippen LogP contribution is 2.08. The summed E-state index contributed by atoms with van der Waals surface area (Å²) in [5.41, 5.74) is -0.707. The fourth-order valence-electron chi connectivity index (χ4n) is 1.03. The first kappa shape index (κ1) is 15.7. The Morgan fingerprint density at radius 1 is 1.29 bits per heavy atom. The van der Waals surface area contributed by atoms with Gasteiger partial charge in [0.25, 0.3) is 0 Å². The van der Waals surface area contributed by atoms with E-state index in [2.05, 4.69) is 5.32 Å². The Labute approximate surface area is 99.4 Å². The second-order valence-electron chi connectivity index (χ2n) is 4.60. The molecule has 1 unspecified atom stereocenters. The van der Waals surface area contributed by atoms with E-state index in [0.717, 1.165) is 0 Å². The van der Waals surface area contributed by atoms with Crippen LogP contribution in [0, 0.1) is 0 Å². The molecule has 0 bridgehead atoms. The molecule has 0 spiro atoms. The first-order chi connectivity index (χ1) is 7.61. The largest absolute Gasteiger partial charge is 0.481 e. The van der Waals surface area contributed by atoms with Crippen LogP contribution in [0.2, 0.25) is 0 Å². The van der Waals surface area contributed by atoms with Crippen molar-refractivity contribution in [1.29, 1.82) is 0 Å². The molecule has 0 aromatic rings. The summed E-state index contributed by atoms with van der Waals surface area (Å²) in [6.45, 7) is 4.98. The van der Waals surface area contributed by atoms with Gasteiger partial charge in [0.2, 0.25) is 0 Å². The summed E-state index contributed by atoms with van der Waals surface area (Å²) >= 11 is 0. The maximum atomic E-state index is 11.3. The Hall–Kier alpha value is -1.34. The van der Waals surface area contributed by atoms with Crippen molar-refractivity contribution in [2.45, 2.75) is 51.5 Å². The van der Waals surface area contributed by atoms with E-state index in [0.29, 0.717) is 0 Å². The molecule has 0 fully saturated rings. The van der Waals surface area contributed by atoms with Gasteiger partial charge < -0.3 is 25.4 Å². The van der Waals surface area contributed by atoms with Crippen LogP contribution in [-0.4, -0.2) is 45.3 Å². The van der Waals surface area contributed by atoms with Gasteiger partial charge in [-0.25, -0.2) is 4.79 Å². The summed E-state index contributed by atoms with van der Waals surface area (Å²) in [6.07, 6.45) is -3.02. The number of rotatable bonds is 5. The molecule has 7 nitrogen and oxygen atoms in total. The van der Waals surface area contributed by atoms with Crippen molar-refractivity contribution in [3.05, 3.63) is 0 Å². The molecule has 1 atom stereocenters. The maximum Gasteiger partial charge on any atom is 0.408 e. The normalized spacial score (nSPS) is 13.3. The average molecular weight is 249 g/mol. The van der Waals surface area contributed by atoms with Gasteiger partial charge in [-0.2, -0.15) is 0 Å². The van der Waals surface area contributed by atoms with Crippen molar-refractivity contribution in [1.82, 2.24) is 5.32 Å². The molecule has 0 aliphatic rings. The van der Waals surface area contributed by atoms with Crippen LogP contribution in [0.4, 0.5) is 4.79 Å². The van der Waals surface area contributed by atoms with Gasteiger partial charge in [0.1, 0.15) is 5.60 Å². The monoisotopic (exact) mass is 249 g/mol. The van der Waals surface area contributed by atoms with E-state index in [1.54, 1.807) is 20.8 Å². The number of aliphatic hydroxyl groups excluding tert-OH is 1. The number of hydrogen-bond donors (Lipinski definition) is 4. The molecular formula is C10H19NO6. The molecule has 0 radical (unpaired) electrons. The molecule has 0 aliphatic carbocycles. The van der Waals surface area contributed by atoms with Crippen LogP contribution in [0.3, 0.4) is 0 Å². The number of nitrogens with one attached hydrogen (secondary N) is 1. The topological polar surface area (TPSA) is 116 Å². The molecule has 0 saturated carbocycles. The number of carboxylic acid groups (broad SMARTS) is 1. The second-order valence-corrected chi connectivity index (χ2v) is 4.60. The van der Waals surface area contributed by atoms with Crippen molar-refractivity contribution in [2.75, 3.05) is 0 Å². The third kappa shape index (κ3) is 8.47. The van der Waals surface area contributed by atoms with Crippen molar-refractivity contribution in [3.63, 3.8) is 0 Å². The van der Waals surface area contributed by atoms with Crippen molar-refractivity contribution >= 4 is 12.1 Å². The number of carbonyl (C=O) groups is 2. The Balaban J connectivity index is 4.25. The fourth-order valence-corrected chi connectivity index (χ4v) is 1.03. The number of carbonyl (C=O) groups excluding carboxylic acids is 1. The fraction of sp³-hybridized carbons (Fsp3) is 0.800. The first-order valence-electron chi connectivity index (χ1n) is 5.19. The number of aliphatic carboxylic acids is 1. The van der Waals surface area contributed by atoms with Gasteiger partial charge in [-0.05, 0) is 27.2 Å². The Bertz CT molecular complexity index is 270. The third-order valence-electron chi connectivity index (χ3n) is 1.73. The van der Waals surface area contributed by atoms with Crippen molar-refractivity contribution in [3.8, 4) is 0 Å². The van der Waals surface area contributed by atoms with Gasteiger partial charge in [0.05, 0.1) is 6.04 Å². The molecule has 17 heavy (non-hydrogen) atoms. The van der Waals surface area contributed by atoms with Crippen molar-refractivity contribution in [2.24, 2.45) is 0 Å². The number of carboxylic acids is 1. The quantitative estimate of drug-likeness (QED) is 0.512. The minimum Gasteiger partial charge on any atom is -0.481 e. The van der Waals surface area contributed by atoms with E-state index in [-0.39, 0.29) is 12.8 Å². The SMILES string of the molecule is CC(C)(C)OC(=O)NC(CCC(=O)O)C(O)O. The molecule has 0 aliphatic heterocycles. The Kier molecular flexibility index (Phi) is 5.90. The highest BCUT2D eigenvalue weighted by Gasteiger charge is 2.23. The lowest BCUT2D eigenvalue weighted by atomic mass is 10.1. The van der Waals surface area contributed by atoms with Gasteiger partial charge in [-0.1, -0.05) is 0 Å². The standard InChI is InChI=1S/C10H19NO6/c1-10(2,3)17-9(16)11-6(8(14)15)4-5-7(12)13/h6,8,14-15H,4-5H2,1-3H3,(H,11,16)(H,12,13). The van der Waals surface area contributed by atoms with E-state index in [4.69, 9.17) is 20.1 Å². The molecule has 0 rings (SSSR count). The van der Waals surface area contributed by atoms with Crippen LogP contribution in [0.1, 0.15) is 33.6 Å². The third-order valence-corrected chi connectivity index (χ3v) is 1.73. The van der Waals surface area contributed by atoms with Crippen LogP contribution >= 0.6 is 0 Å². The number of alkyl carbamates (subject to hydrolysis) is 1. The maximum absolute atomic E-state index is 11.3. The summed E-state index contributed by atoms with van der Waals surface area (Å²) in [5, 5.41) is 28.6. The minimum absolute atomic E-state index is 0.0910. The van der Waals surface area contributed by atoms with Crippen LogP contribution < -0.4 is 5.32 Å². The van der Waals surface area contributed by atoms with E-state index >= 15 is 0 Å². The number of hydrogen-bond acceptors (Lipinski definition) is 5. The molecule has 0 heterocycles. The average Bonchev–Trinajstić information content (AvgIpc) is 2.08. The van der Waals surface area contributed by atoms with E-state index < -0.39 is 30.0 Å². The summed E-state index contributed by atoms with van der Waals surface area (Å²) in [6, 6.07) is -1.07. The van der Waals surface area contributed by atoms with Gasteiger partial charge in [-0.3, -0.25) is 4.79 Å². The predicted octanol–water partition coefficient (Wildman–Crippen LogP) is 0.0552. The lowest BCUT2D eigenvalue weighted by molar-refractivity contribution is -0.138. The van der Waals surface area contributed by atoms with Crippen LogP contribution in [0.5, 0.6) is 0 Å².